The summed E-state index contributed by atoms with van der Waals surface area (Å²) in [5, 5.41) is 7.65. The van der Waals surface area contributed by atoms with Crippen LogP contribution in [-0.2, 0) is 11.3 Å². The third-order valence-corrected chi connectivity index (χ3v) is 4.41. The van der Waals surface area contributed by atoms with E-state index in [1.54, 1.807) is 10.7 Å². The highest BCUT2D eigenvalue weighted by Crippen LogP contribution is 2.22. The number of nitrogens with one attached hydrogen (secondary N) is 1. The number of thioether (sulfide) groups is 1. The average molecular weight is 338 g/mol. The minimum Gasteiger partial charge on any atom is -0.431 e. The smallest absolute Gasteiger partial charge is 0.257 e. The Balaban J connectivity index is 1.35. The zero-order chi connectivity index (χ0) is 16.4. The zero-order valence-electron chi connectivity index (χ0n) is 12.7. The summed E-state index contributed by atoms with van der Waals surface area (Å²) in [5.41, 5.74) is 3.50. The first kappa shape index (κ1) is 14.8. The van der Waals surface area contributed by atoms with Crippen LogP contribution in [0.25, 0.3) is 16.6 Å². The predicted molar refractivity (Wildman–Crippen MR) is 91.8 cm³/mol. The summed E-state index contributed by atoms with van der Waals surface area (Å²) in [6.07, 6.45) is 3.65. The summed E-state index contributed by atoms with van der Waals surface area (Å²) in [6, 6.07) is 13.4. The molecule has 6 nitrogen and oxygen atoms in total. The largest absolute Gasteiger partial charge is 0.431 e. The van der Waals surface area contributed by atoms with E-state index in [2.05, 4.69) is 15.4 Å². The van der Waals surface area contributed by atoms with Crippen LogP contribution in [0.5, 0.6) is 0 Å². The lowest BCUT2D eigenvalue weighted by Crippen LogP contribution is -2.24. The summed E-state index contributed by atoms with van der Waals surface area (Å²) in [6.45, 7) is 0.445. The molecule has 0 aliphatic heterocycles. The maximum Gasteiger partial charge on any atom is 0.257 e. The van der Waals surface area contributed by atoms with Crippen molar-refractivity contribution < 1.29 is 9.21 Å². The first-order valence-electron chi connectivity index (χ1n) is 7.46. The maximum absolute atomic E-state index is 12.0. The van der Waals surface area contributed by atoms with Crippen LogP contribution in [-0.4, -0.2) is 26.3 Å². The second kappa shape index (κ2) is 6.37. The van der Waals surface area contributed by atoms with Gasteiger partial charge in [0.15, 0.2) is 5.58 Å². The van der Waals surface area contributed by atoms with Crippen molar-refractivity contribution in [3.63, 3.8) is 0 Å². The summed E-state index contributed by atoms with van der Waals surface area (Å²) in [5.74, 6) is 0.184. The molecule has 120 valence electrons. The lowest BCUT2D eigenvalue weighted by atomic mass is 10.2. The first-order valence-corrected chi connectivity index (χ1v) is 8.44. The minimum atomic E-state index is -0.0717. The van der Waals surface area contributed by atoms with E-state index in [1.165, 1.54) is 11.8 Å². The third kappa shape index (κ3) is 2.98. The zero-order valence-corrected chi connectivity index (χ0v) is 13.5. The van der Waals surface area contributed by atoms with Crippen LogP contribution < -0.4 is 5.32 Å². The molecule has 1 amide bonds. The number of carbonyl (C=O) groups is 1. The van der Waals surface area contributed by atoms with Gasteiger partial charge in [0.2, 0.25) is 5.91 Å². The molecule has 0 unspecified atom stereocenters. The fraction of sp³-hybridized carbons (Fsp3) is 0.118. The normalized spacial score (nSPS) is 11.2. The van der Waals surface area contributed by atoms with E-state index in [9.17, 15) is 4.79 Å². The van der Waals surface area contributed by atoms with E-state index >= 15 is 0 Å². The Morgan fingerprint density at radius 1 is 1.21 bits per heavy atom. The van der Waals surface area contributed by atoms with Crippen molar-refractivity contribution in [2.24, 2.45) is 0 Å². The number of hydrogen-bond donors (Lipinski definition) is 1. The molecule has 1 N–H and O–H groups in total. The fourth-order valence-corrected chi connectivity index (χ4v) is 3.08. The molecule has 0 radical (unpaired) electrons. The summed E-state index contributed by atoms with van der Waals surface area (Å²) < 4.78 is 7.37. The molecule has 0 atom stereocenters. The number of aromatic nitrogens is 3. The van der Waals surface area contributed by atoms with Gasteiger partial charge in [-0.1, -0.05) is 30.0 Å². The van der Waals surface area contributed by atoms with Gasteiger partial charge in [-0.05, 0) is 24.3 Å². The topological polar surface area (TPSA) is 72.4 Å². The highest BCUT2D eigenvalue weighted by atomic mass is 32.2. The molecule has 0 saturated heterocycles. The second-order valence-corrected chi connectivity index (χ2v) is 6.14. The molecule has 0 spiro atoms. The van der Waals surface area contributed by atoms with Crippen molar-refractivity contribution in [1.82, 2.24) is 19.9 Å². The van der Waals surface area contributed by atoms with Crippen molar-refractivity contribution in [1.29, 1.82) is 0 Å². The molecule has 4 aromatic rings. The highest BCUT2D eigenvalue weighted by molar-refractivity contribution is 7.99. The first-order chi connectivity index (χ1) is 11.8. The Labute approximate surface area is 141 Å². The van der Waals surface area contributed by atoms with Gasteiger partial charge in [-0.3, -0.25) is 4.79 Å². The monoisotopic (exact) mass is 338 g/mol. The van der Waals surface area contributed by atoms with Crippen LogP contribution in [0.1, 0.15) is 5.56 Å². The Morgan fingerprint density at radius 2 is 2.08 bits per heavy atom. The van der Waals surface area contributed by atoms with Gasteiger partial charge in [-0.15, -0.1) is 0 Å². The number of fused-ring (bicyclic) bond motifs is 2. The van der Waals surface area contributed by atoms with Gasteiger partial charge in [0.1, 0.15) is 5.52 Å². The molecule has 24 heavy (non-hydrogen) atoms. The van der Waals surface area contributed by atoms with E-state index < -0.39 is 0 Å². The lowest BCUT2D eigenvalue weighted by molar-refractivity contribution is -0.118. The van der Waals surface area contributed by atoms with Gasteiger partial charge in [-0.2, -0.15) is 5.10 Å². The van der Waals surface area contributed by atoms with E-state index in [0.717, 1.165) is 22.2 Å². The Kier molecular flexibility index (Phi) is 3.92. The number of hydrogen-bond acceptors (Lipinski definition) is 5. The summed E-state index contributed by atoms with van der Waals surface area (Å²) in [4.78, 5) is 16.4. The number of oxazole rings is 1. The number of amides is 1. The fourth-order valence-electron chi connectivity index (χ4n) is 2.41. The summed E-state index contributed by atoms with van der Waals surface area (Å²) in [7, 11) is 0. The van der Waals surface area contributed by atoms with Crippen molar-refractivity contribution in [2.45, 2.75) is 11.8 Å². The Hall–Kier alpha value is -2.80. The van der Waals surface area contributed by atoms with Gasteiger partial charge < -0.3 is 9.73 Å². The van der Waals surface area contributed by atoms with Gasteiger partial charge in [0.25, 0.3) is 5.22 Å². The van der Waals surface area contributed by atoms with Gasteiger partial charge in [0.05, 0.1) is 17.5 Å². The molecule has 4 rings (SSSR count). The predicted octanol–water partition coefficient (Wildman–Crippen LogP) is 2.88. The van der Waals surface area contributed by atoms with E-state index in [4.69, 9.17) is 4.42 Å². The van der Waals surface area contributed by atoms with E-state index in [-0.39, 0.29) is 11.7 Å². The Morgan fingerprint density at radius 3 is 3.00 bits per heavy atom. The van der Waals surface area contributed by atoms with Crippen molar-refractivity contribution in [3.05, 3.63) is 60.4 Å². The number of rotatable bonds is 5. The van der Waals surface area contributed by atoms with Crippen molar-refractivity contribution >= 4 is 34.3 Å². The average Bonchev–Trinajstić information content (AvgIpc) is 3.21. The molecule has 0 saturated carbocycles. The number of carbonyl (C=O) groups excluding carboxylic acids is 1. The van der Waals surface area contributed by atoms with Crippen LogP contribution >= 0.6 is 11.8 Å². The SMILES string of the molecule is O=C(CSc1nc2ccccc2o1)NCc1cnn2ccccc12. The Bertz CT molecular complexity index is 975. The van der Waals surface area contributed by atoms with Gasteiger partial charge in [0, 0.05) is 18.3 Å². The number of pyridine rings is 1. The molecule has 3 aromatic heterocycles. The quantitative estimate of drug-likeness (QED) is 0.567. The molecule has 0 bridgehead atoms. The van der Waals surface area contributed by atoms with Gasteiger partial charge in [-0.25, -0.2) is 9.50 Å². The summed E-state index contributed by atoms with van der Waals surface area (Å²) >= 11 is 1.28. The molecular formula is C17H14N4O2S. The number of para-hydroxylation sites is 2. The molecule has 1 aromatic carbocycles. The van der Waals surface area contributed by atoms with E-state index in [1.807, 2.05) is 48.7 Å². The second-order valence-electron chi connectivity index (χ2n) is 5.21. The van der Waals surface area contributed by atoms with Gasteiger partial charge >= 0.3 is 0 Å². The van der Waals surface area contributed by atoms with Crippen LogP contribution in [0.3, 0.4) is 0 Å². The molecule has 0 aliphatic rings. The molecule has 7 heteroatoms. The molecule has 3 heterocycles. The number of nitrogens with zero attached hydrogens (tertiary/aromatic N) is 3. The lowest BCUT2D eigenvalue weighted by Gasteiger charge is -2.02. The minimum absolute atomic E-state index is 0.0717. The molecule has 0 fully saturated rings. The molecule has 0 aliphatic carbocycles. The standard InChI is InChI=1S/C17H14N4O2S/c22-16(11-24-17-20-13-5-1-2-7-15(13)23-17)18-9-12-10-19-21-8-4-3-6-14(12)21/h1-8,10H,9,11H2,(H,18,22). The van der Waals surface area contributed by atoms with Crippen molar-refractivity contribution in [3.8, 4) is 0 Å². The van der Waals surface area contributed by atoms with Crippen LogP contribution in [0.15, 0.2) is 64.5 Å². The van der Waals surface area contributed by atoms with Crippen LogP contribution in [0.4, 0.5) is 0 Å². The van der Waals surface area contributed by atoms with Crippen LogP contribution in [0, 0.1) is 0 Å². The highest BCUT2D eigenvalue weighted by Gasteiger charge is 2.10. The number of benzene rings is 1. The molecular weight excluding hydrogens is 324 g/mol. The maximum atomic E-state index is 12.0. The van der Waals surface area contributed by atoms with E-state index in [0.29, 0.717) is 11.8 Å². The van der Waals surface area contributed by atoms with Crippen LogP contribution in [0.2, 0.25) is 0 Å². The van der Waals surface area contributed by atoms with Crippen molar-refractivity contribution in [2.75, 3.05) is 5.75 Å². The third-order valence-electron chi connectivity index (χ3n) is 3.58.